The van der Waals surface area contributed by atoms with Crippen LogP contribution in [0.5, 0.6) is 0 Å². The molecule has 5 nitrogen and oxygen atoms in total. The van der Waals surface area contributed by atoms with Crippen molar-refractivity contribution < 1.29 is 14.7 Å². The van der Waals surface area contributed by atoms with E-state index in [9.17, 15) is 9.59 Å². The summed E-state index contributed by atoms with van der Waals surface area (Å²) in [5.74, 6) is -1.70. The van der Waals surface area contributed by atoms with Crippen LogP contribution in [0.3, 0.4) is 0 Å². The summed E-state index contributed by atoms with van der Waals surface area (Å²) in [6.45, 7) is 0. The zero-order valence-corrected chi connectivity index (χ0v) is 9.11. The van der Waals surface area contributed by atoms with Crippen LogP contribution in [0.4, 0.5) is 0 Å². The van der Waals surface area contributed by atoms with E-state index in [0.717, 1.165) is 25.7 Å². The van der Waals surface area contributed by atoms with E-state index in [4.69, 9.17) is 5.11 Å². The molecular formula is C11H16N2O3. The van der Waals surface area contributed by atoms with Gasteiger partial charge in [0.2, 0.25) is 5.91 Å². The van der Waals surface area contributed by atoms with Gasteiger partial charge in [0.25, 0.3) is 0 Å². The average molecular weight is 224 g/mol. The molecule has 5 heteroatoms. The van der Waals surface area contributed by atoms with Crippen molar-refractivity contribution in [2.24, 2.45) is 16.9 Å². The fourth-order valence-electron chi connectivity index (χ4n) is 2.64. The first-order valence-electron chi connectivity index (χ1n) is 5.81. The molecule has 1 saturated carbocycles. The van der Waals surface area contributed by atoms with E-state index in [2.05, 4.69) is 10.5 Å². The molecule has 0 saturated heterocycles. The lowest BCUT2D eigenvalue weighted by atomic mass is 9.83. The normalized spacial score (nSPS) is 27.1. The Morgan fingerprint density at radius 3 is 2.44 bits per heavy atom. The molecule has 2 rings (SSSR count). The van der Waals surface area contributed by atoms with Crippen LogP contribution in [0, 0.1) is 11.8 Å². The third kappa shape index (κ3) is 2.08. The van der Waals surface area contributed by atoms with E-state index in [-0.39, 0.29) is 17.5 Å². The van der Waals surface area contributed by atoms with Gasteiger partial charge in [0, 0.05) is 0 Å². The van der Waals surface area contributed by atoms with Crippen LogP contribution in [-0.4, -0.2) is 22.7 Å². The number of nitrogens with one attached hydrogen (secondary N) is 1. The molecule has 1 fully saturated rings. The van der Waals surface area contributed by atoms with Gasteiger partial charge in [-0.3, -0.25) is 4.79 Å². The predicted octanol–water partition coefficient (Wildman–Crippen LogP) is 1.14. The second-order valence-electron chi connectivity index (χ2n) is 4.51. The van der Waals surface area contributed by atoms with Crippen molar-refractivity contribution in [3.63, 3.8) is 0 Å². The lowest BCUT2D eigenvalue weighted by Crippen LogP contribution is -2.33. The molecule has 0 aromatic heterocycles. The largest absolute Gasteiger partial charge is 0.477 e. The van der Waals surface area contributed by atoms with Crippen LogP contribution in [0.2, 0.25) is 0 Å². The van der Waals surface area contributed by atoms with Gasteiger partial charge in [0.15, 0.2) is 5.71 Å². The first-order valence-corrected chi connectivity index (χ1v) is 5.81. The van der Waals surface area contributed by atoms with Crippen LogP contribution in [0.1, 0.15) is 38.5 Å². The molecule has 1 aliphatic heterocycles. The summed E-state index contributed by atoms with van der Waals surface area (Å²) >= 11 is 0. The number of nitrogens with zero attached hydrogens (tertiary/aromatic N) is 1. The fourth-order valence-corrected chi connectivity index (χ4v) is 2.64. The Bertz CT molecular complexity index is 330. The lowest BCUT2D eigenvalue weighted by molar-refractivity contribution is -0.131. The molecule has 88 valence electrons. The first-order chi connectivity index (χ1) is 7.70. The Balaban J connectivity index is 2.13. The van der Waals surface area contributed by atoms with Crippen LogP contribution in [0.25, 0.3) is 0 Å². The van der Waals surface area contributed by atoms with Crippen LogP contribution >= 0.6 is 0 Å². The third-order valence-electron chi connectivity index (χ3n) is 3.45. The molecule has 0 spiro atoms. The third-order valence-corrected chi connectivity index (χ3v) is 3.45. The van der Waals surface area contributed by atoms with Gasteiger partial charge in [-0.1, -0.05) is 25.7 Å². The first kappa shape index (κ1) is 11.1. The van der Waals surface area contributed by atoms with Gasteiger partial charge < -0.3 is 5.11 Å². The number of carbonyl (C=O) groups is 2. The molecule has 1 heterocycles. The monoisotopic (exact) mass is 224 g/mol. The molecule has 0 aromatic carbocycles. The number of carboxylic acid groups (broad SMARTS) is 1. The van der Waals surface area contributed by atoms with Gasteiger partial charge in [-0.15, -0.1) is 0 Å². The van der Waals surface area contributed by atoms with Crippen LogP contribution in [0.15, 0.2) is 5.10 Å². The van der Waals surface area contributed by atoms with Gasteiger partial charge in [-0.25, -0.2) is 10.2 Å². The number of carboxylic acids is 1. The summed E-state index contributed by atoms with van der Waals surface area (Å²) in [6.07, 6.45) is 6.41. The van der Waals surface area contributed by atoms with Crippen molar-refractivity contribution in [2.75, 3.05) is 0 Å². The summed E-state index contributed by atoms with van der Waals surface area (Å²) in [5.41, 5.74) is 2.28. The van der Waals surface area contributed by atoms with Crippen molar-refractivity contribution in [1.82, 2.24) is 5.43 Å². The highest BCUT2D eigenvalue weighted by molar-refractivity contribution is 6.41. The maximum atomic E-state index is 11.6. The molecule has 0 aromatic rings. The van der Waals surface area contributed by atoms with E-state index >= 15 is 0 Å². The Hall–Kier alpha value is -1.39. The number of hydrogen-bond acceptors (Lipinski definition) is 3. The highest BCUT2D eigenvalue weighted by Gasteiger charge is 2.40. The molecule has 0 bridgehead atoms. The van der Waals surface area contributed by atoms with E-state index < -0.39 is 11.9 Å². The fraction of sp³-hybridized carbons (Fsp3) is 0.727. The number of hydrazone groups is 1. The standard InChI is InChI=1S/C11H16N2O3/c14-10-8(9(11(15)16)12-13-10)7-5-3-1-2-4-6-7/h7-8H,1-6H2,(H,13,14)(H,15,16). The maximum absolute atomic E-state index is 11.6. The molecule has 16 heavy (non-hydrogen) atoms. The molecule has 1 unspecified atom stereocenters. The van der Waals surface area contributed by atoms with Crippen LogP contribution < -0.4 is 5.43 Å². The van der Waals surface area contributed by atoms with E-state index in [1.54, 1.807) is 0 Å². The van der Waals surface area contributed by atoms with Crippen molar-refractivity contribution in [3.05, 3.63) is 0 Å². The summed E-state index contributed by atoms with van der Waals surface area (Å²) in [6, 6.07) is 0. The topological polar surface area (TPSA) is 78.8 Å². The van der Waals surface area contributed by atoms with E-state index in [1.165, 1.54) is 12.8 Å². The minimum atomic E-state index is -1.08. The second kappa shape index (κ2) is 4.63. The van der Waals surface area contributed by atoms with Crippen molar-refractivity contribution in [2.45, 2.75) is 38.5 Å². The van der Waals surface area contributed by atoms with Gasteiger partial charge in [-0.05, 0) is 18.8 Å². The van der Waals surface area contributed by atoms with Crippen molar-refractivity contribution >= 4 is 17.6 Å². The lowest BCUT2D eigenvalue weighted by Gasteiger charge is -2.19. The number of amides is 1. The molecular weight excluding hydrogens is 208 g/mol. The van der Waals surface area contributed by atoms with Crippen LogP contribution in [-0.2, 0) is 9.59 Å². The summed E-state index contributed by atoms with van der Waals surface area (Å²) in [7, 11) is 0. The summed E-state index contributed by atoms with van der Waals surface area (Å²) in [4.78, 5) is 22.6. The van der Waals surface area contributed by atoms with E-state index in [0.29, 0.717) is 0 Å². The summed E-state index contributed by atoms with van der Waals surface area (Å²) in [5, 5.41) is 12.6. The minimum absolute atomic E-state index is 0.00287. The SMILES string of the molecule is O=C(O)C1=NNC(=O)C1C1CCCCCC1. The second-order valence-corrected chi connectivity index (χ2v) is 4.51. The highest BCUT2D eigenvalue weighted by atomic mass is 16.4. The maximum Gasteiger partial charge on any atom is 0.352 e. The van der Waals surface area contributed by atoms with Gasteiger partial charge >= 0.3 is 5.97 Å². The minimum Gasteiger partial charge on any atom is -0.477 e. The Labute approximate surface area is 93.9 Å². The molecule has 1 amide bonds. The van der Waals surface area contributed by atoms with Crippen molar-refractivity contribution in [3.8, 4) is 0 Å². The molecule has 1 aliphatic carbocycles. The number of rotatable bonds is 2. The number of carbonyl (C=O) groups excluding carboxylic acids is 1. The van der Waals surface area contributed by atoms with Crippen molar-refractivity contribution in [1.29, 1.82) is 0 Å². The van der Waals surface area contributed by atoms with Gasteiger partial charge in [-0.2, -0.15) is 5.10 Å². The average Bonchev–Trinajstić information content (AvgIpc) is 2.50. The number of aliphatic carboxylic acids is 1. The molecule has 2 aliphatic rings. The Morgan fingerprint density at radius 1 is 1.25 bits per heavy atom. The molecule has 0 radical (unpaired) electrons. The molecule has 1 atom stereocenters. The smallest absolute Gasteiger partial charge is 0.352 e. The quantitative estimate of drug-likeness (QED) is 0.690. The Morgan fingerprint density at radius 2 is 1.88 bits per heavy atom. The zero-order valence-electron chi connectivity index (χ0n) is 9.11. The zero-order chi connectivity index (χ0) is 11.5. The predicted molar refractivity (Wildman–Crippen MR) is 57.9 cm³/mol. The highest BCUT2D eigenvalue weighted by Crippen LogP contribution is 2.31. The molecule has 2 N–H and O–H groups in total. The van der Waals surface area contributed by atoms with Gasteiger partial charge in [0.05, 0.1) is 5.92 Å². The Kier molecular flexibility index (Phi) is 3.22. The number of hydrogen-bond donors (Lipinski definition) is 2. The van der Waals surface area contributed by atoms with Gasteiger partial charge in [0.1, 0.15) is 0 Å². The van der Waals surface area contributed by atoms with E-state index in [1.807, 2.05) is 0 Å². The summed E-state index contributed by atoms with van der Waals surface area (Å²) < 4.78 is 0.